The molecule has 0 aliphatic heterocycles. The lowest BCUT2D eigenvalue weighted by molar-refractivity contribution is 0.0955. The maximum atomic E-state index is 13.0. The van der Waals surface area contributed by atoms with E-state index in [4.69, 9.17) is 0 Å². The van der Waals surface area contributed by atoms with Crippen LogP contribution in [0.1, 0.15) is 15.9 Å². The molecule has 0 fully saturated rings. The molecule has 0 aliphatic carbocycles. The topological polar surface area (TPSA) is 90.4 Å². The van der Waals surface area contributed by atoms with Gasteiger partial charge in [0.1, 0.15) is 11.6 Å². The van der Waals surface area contributed by atoms with Crippen molar-refractivity contribution in [2.75, 3.05) is 0 Å². The van der Waals surface area contributed by atoms with E-state index in [0.29, 0.717) is 5.56 Å². The Morgan fingerprint density at radius 1 is 1.32 bits per heavy atom. The van der Waals surface area contributed by atoms with Gasteiger partial charge in [-0.2, -0.15) is 5.10 Å². The van der Waals surface area contributed by atoms with E-state index in [1.54, 1.807) is 18.2 Å². The fourth-order valence-corrected chi connectivity index (χ4v) is 1.93. The van der Waals surface area contributed by atoms with Crippen LogP contribution in [0.15, 0.2) is 47.8 Å². The fraction of sp³-hybridized carbons (Fsp3) is 0. The van der Waals surface area contributed by atoms with Crippen LogP contribution in [0.3, 0.4) is 0 Å². The van der Waals surface area contributed by atoms with Crippen molar-refractivity contribution in [1.82, 2.24) is 15.4 Å². The molecule has 0 aliphatic rings. The van der Waals surface area contributed by atoms with Crippen molar-refractivity contribution in [1.29, 1.82) is 0 Å². The first-order valence-electron chi connectivity index (χ1n) is 6.38. The molecule has 22 heavy (non-hydrogen) atoms. The number of hydrogen-bond acceptors (Lipinski definition) is 4. The number of aromatic nitrogens is 2. The summed E-state index contributed by atoms with van der Waals surface area (Å²) in [6, 6.07) is 8.43. The number of fused-ring (bicyclic) bond motifs is 1. The maximum absolute atomic E-state index is 13.0. The van der Waals surface area contributed by atoms with Crippen LogP contribution in [-0.4, -0.2) is 27.2 Å². The number of aromatic hydroxyl groups is 1. The third-order valence-corrected chi connectivity index (χ3v) is 3.04. The molecule has 6 nitrogen and oxygen atoms in total. The Hall–Kier alpha value is -3.22. The van der Waals surface area contributed by atoms with Gasteiger partial charge in [0.2, 0.25) is 0 Å². The molecule has 0 saturated carbocycles. The van der Waals surface area contributed by atoms with Crippen LogP contribution in [0, 0.1) is 5.82 Å². The largest absolute Gasteiger partial charge is 0.507 e. The summed E-state index contributed by atoms with van der Waals surface area (Å²) in [6.07, 6.45) is 2.71. The van der Waals surface area contributed by atoms with Crippen molar-refractivity contribution < 1.29 is 14.3 Å². The highest BCUT2D eigenvalue weighted by Gasteiger charge is 2.06. The van der Waals surface area contributed by atoms with Crippen LogP contribution >= 0.6 is 0 Å². The number of rotatable bonds is 3. The monoisotopic (exact) mass is 298 g/mol. The summed E-state index contributed by atoms with van der Waals surface area (Å²) in [5, 5.41) is 13.2. The highest BCUT2D eigenvalue weighted by atomic mass is 19.1. The smallest absolute Gasteiger partial charge is 0.271 e. The number of halogens is 1. The second-order valence-corrected chi connectivity index (χ2v) is 4.54. The minimum Gasteiger partial charge on any atom is -0.507 e. The summed E-state index contributed by atoms with van der Waals surface area (Å²) >= 11 is 0. The summed E-state index contributed by atoms with van der Waals surface area (Å²) in [7, 11) is 0. The van der Waals surface area contributed by atoms with Gasteiger partial charge in [0.05, 0.1) is 23.6 Å². The molecule has 0 bridgehead atoms. The van der Waals surface area contributed by atoms with E-state index < -0.39 is 11.7 Å². The summed E-state index contributed by atoms with van der Waals surface area (Å²) in [5.41, 5.74) is 4.37. The normalized spacial score (nSPS) is 11.1. The Balaban J connectivity index is 1.73. The molecule has 1 aromatic heterocycles. The predicted octanol–water partition coefficient (Wildman–Crippen LogP) is 2.17. The number of hydrogen-bond donors (Lipinski definition) is 3. The molecule has 1 heterocycles. The van der Waals surface area contributed by atoms with Gasteiger partial charge in [-0.15, -0.1) is 0 Å². The first-order chi connectivity index (χ1) is 10.6. The number of nitrogens with one attached hydrogen (secondary N) is 2. The number of benzene rings is 2. The first-order valence-corrected chi connectivity index (χ1v) is 6.38. The highest BCUT2D eigenvalue weighted by Crippen LogP contribution is 2.15. The molecular formula is C15H11FN4O2. The van der Waals surface area contributed by atoms with Gasteiger partial charge in [0.15, 0.2) is 0 Å². The molecule has 3 N–H and O–H groups in total. The lowest BCUT2D eigenvalue weighted by Crippen LogP contribution is -2.17. The second kappa shape index (κ2) is 5.65. The van der Waals surface area contributed by atoms with Crippen LogP contribution in [-0.2, 0) is 0 Å². The van der Waals surface area contributed by atoms with Crippen molar-refractivity contribution in [3.8, 4) is 5.75 Å². The van der Waals surface area contributed by atoms with Crippen LogP contribution in [0.5, 0.6) is 5.75 Å². The van der Waals surface area contributed by atoms with Gasteiger partial charge in [-0.1, -0.05) is 0 Å². The standard InChI is InChI=1S/C15H11FN4O2/c16-11-2-4-14(21)10(5-11)7-19-20-15(22)9-1-3-12-13(6-9)18-8-17-12/h1-8,21H,(H,17,18)(H,20,22)/b19-7+. The van der Waals surface area contributed by atoms with E-state index in [2.05, 4.69) is 20.5 Å². The van der Waals surface area contributed by atoms with Gasteiger partial charge < -0.3 is 10.1 Å². The number of phenolic OH excluding ortho intramolecular Hbond substituents is 1. The average molecular weight is 298 g/mol. The lowest BCUT2D eigenvalue weighted by atomic mass is 10.2. The molecule has 0 unspecified atom stereocenters. The molecule has 2 aromatic carbocycles. The van der Waals surface area contributed by atoms with E-state index in [1.807, 2.05) is 0 Å². The SMILES string of the molecule is O=C(N/N=C/c1cc(F)ccc1O)c1ccc2nc[nH]c2c1. The lowest BCUT2D eigenvalue weighted by Gasteiger charge is -2.01. The summed E-state index contributed by atoms with van der Waals surface area (Å²) < 4.78 is 13.0. The van der Waals surface area contributed by atoms with E-state index >= 15 is 0 Å². The zero-order chi connectivity index (χ0) is 15.5. The quantitative estimate of drug-likeness (QED) is 0.511. The second-order valence-electron chi connectivity index (χ2n) is 4.54. The van der Waals surface area contributed by atoms with Crippen LogP contribution < -0.4 is 5.43 Å². The molecule has 110 valence electrons. The Morgan fingerprint density at radius 3 is 3.05 bits per heavy atom. The van der Waals surface area contributed by atoms with Gasteiger partial charge >= 0.3 is 0 Å². The molecule has 0 radical (unpaired) electrons. The van der Waals surface area contributed by atoms with Crippen molar-refractivity contribution in [2.24, 2.45) is 5.10 Å². The minimum absolute atomic E-state index is 0.127. The predicted molar refractivity (Wildman–Crippen MR) is 79.2 cm³/mol. The molecule has 1 amide bonds. The van der Waals surface area contributed by atoms with Crippen LogP contribution in [0.4, 0.5) is 4.39 Å². The highest BCUT2D eigenvalue weighted by molar-refractivity contribution is 5.97. The molecule has 0 atom stereocenters. The van der Waals surface area contributed by atoms with Gasteiger partial charge in [-0.05, 0) is 36.4 Å². The molecule has 3 aromatic rings. The minimum atomic E-state index is -0.504. The number of H-pyrrole nitrogens is 1. The van der Waals surface area contributed by atoms with Crippen LogP contribution in [0.25, 0.3) is 11.0 Å². The van der Waals surface area contributed by atoms with E-state index in [0.717, 1.165) is 23.2 Å². The number of carbonyl (C=O) groups excluding carboxylic acids is 1. The van der Waals surface area contributed by atoms with Gasteiger partial charge in [-0.3, -0.25) is 4.79 Å². The summed E-state index contributed by atoms with van der Waals surface area (Å²) in [4.78, 5) is 18.9. The number of nitrogens with zero attached hydrogens (tertiary/aromatic N) is 2. The summed E-state index contributed by atoms with van der Waals surface area (Å²) in [5.74, 6) is -1.06. The number of amides is 1. The number of aromatic amines is 1. The van der Waals surface area contributed by atoms with Gasteiger partial charge in [-0.25, -0.2) is 14.8 Å². The number of phenols is 1. The van der Waals surface area contributed by atoms with E-state index in [-0.39, 0.29) is 11.3 Å². The zero-order valence-corrected chi connectivity index (χ0v) is 11.2. The van der Waals surface area contributed by atoms with Crippen LogP contribution in [0.2, 0.25) is 0 Å². The fourth-order valence-electron chi connectivity index (χ4n) is 1.93. The Kier molecular flexibility index (Phi) is 3.53. The first kappa shape index (κ1) is 13.7. The molecule has 0 saturated heterocycles. The Labute approximate surface area is 124 Å². The van der Waals surface area contributed by atoms with Crippen molar-refractivity contribution in [3.05, 3.63) is 59.7 Å². The zero-order valence-electron chi connectivity index (χ0n) is 11.2. The maximum Gasteiger partial charge on any atom is 0.271 e. The number of hydrazone groups is 1. The third-order valence-electron chi connectivity index (χ3n) is 3.04. The Morgan fingerprint density at radius 2 is 2.18 bits per heavy atom. The van der Waals surface area contributed by atoms with E-state index in [9.17, 15) is 14.3 Å². The number of carbonyl (C=O) groups is 1. The summed E-state index contributed by atoms with van der Waals surface area (Å²) in [6.45, 7) is 0. The van der Waals surface area contributed by atoms with E-state index in [1.165, 1.54) is 18.6 Å². The average Bonchev–Trinajstić information content (AvgIpc) is 2.98. The van der Waals surface area contributed by atoms with Crippen molar-refractivity contribution >= 4 is 23.2 Å². The van der Waals surface area contributed by atoms with Crippen molar-refractivity contribution in [2.45, 2.75) is 0 Å². The molecule has 0 spiro atoms. The van der Waals surface area contributed by atoms with Gasteiger partial charge in [0, 0.05) is 11.1 Å². The van der Waals surface area contributed by atoms with Crippen molar-refractivity contribution in [3.63, 3.8) is 0 Å². The molecular weight excluding hydrogens is 287 g/mol. The Bertz CT molecular complexity index is 873. The molecule has 7 heteroatoms. The van der Waals surface area contributed by atoms with Gasteiger partial charge in [0.25, 0.3) is 5.91 Å². The molecule has 3 rings (SSSR count). The third kappa shape index (κ3) is 2.78. The number of imidazole rings is 1.